The highest BCUT2D eigenvalue weighted by Crippen LogP contribution is 2.27. The normalized spacial score (nSPS) is 14.4. The van der Waals surface area contributed by atoms with Crippen molar-refractivity contribution in [3.8, 4) is 17.3 Å². The number of anilines is 2. The molecule has 0 spiro atoms. The molecule has 1 aliphatic rings. The number of hydrazine groups is 1. The second-order valence-electron chi connectivity index (χ2n) is 6.26. The minimum Gasteiger partial charge on any atom is -0.379 e. The number of aromatic nitrogens is 2. The first-order chi connectivity index (χ1) is 13.8. The first-order valence-corrected chi connectivity index (χ1v) is 8.97. The predicted octanol–water partition coefficient (Wildman–Crippen LogP) is 3.54. The van der Waals surface area contributed by atoms with Crippen molar-refractivity contribution in [3.05, 3.63) is 72.2 Å². The Hall–Kier alpha value is -3.34. The fraction of sp³-hybridized carbons (Fsp3) is 0.190. The van der Waals surface area contributed by atoms with Crippen LogP contribution in [0.1, 0.15) is 5.56 Å². The molecule has 2 aromatic carbocycles. The average molecular weight is 375 g/mol. The van der Waals surface area contributed by atoms with E-state index in [1.807, 2.05) is 41.4 Å². The molecule has 0 amide bonds. The third-order valence-corrected chi connectivity index (χ3v) is 4.49. The second kappa shape index (κ2) is 8.13. The topological polar surface area (TPSA) is 65.3 Å². The smallest absolute Gasteiger partial charge is 0.245 e. The highest BCUT2D eigenvalue weighted by atomic mass is 19.1. The Morgan fingerprint density at radius 1 is 1.07 bits per heavy atom. The zero-order valence-corrected chi connectivity index (χ0v) is 15.1. The van der Waals surface area contributed by atoms with Gasteiger partial charge in [0.05, 0.1) is 30.2 Å². The van der Waals surface area contributed by atoms with E-state index in [0.29, 0.717) is 30.4 Å². The molecule has 7 heteroatoms. The molecule has 4 rings (SSSR count). The molecule has 0 N–H and O–H groups in total. The van der Waals surface area contributed by atoms with Crippen LogP contribution >= 0.6 is 0 Å². The molecular formula is C21H18FN5O. The summed E-state index contributed by atoms with van der Waals surface area (Å²) in [4.78, 5) is 9.17. The molecule has 1 aromatic heterocycles. The maximum atomic E-state index is 13.7. The van der Waals surface area contributed by atoms with E-state index in [1.165, 1.54) is 12.1 Å². The number of nitrogens with zero attached hydrogens (tertiary/aromatic N) is 5. The number of benzene rings is 2. The summed E-state index contributed by atoms with van der Waals surface area (Å²) < 4.78 is 19.2. The lowest BCUT2D eigenvalue weighted by Gasteiger charge is -2.37. The number of para-hydroxylation sites is 1. The third kappa shape index (κ3) is 3.69. The van der Waals surface area contributed by atoms with Crippen LogP contribution in [0.25, 0.3) is 11.3 Å². The highest BCUT2D eigenvalue weighted by Gasteiger charge is 2.23. The largest absolute Gasteiger partial charge is 0.379 e. The van der Waals surface area contributed by atoms with Crippen LogP contribution in [0.2, 0.25) is 0 Å². The molecule has 0 unspecified atom stereocenters. The number of nitriles is 1. The van der Waals surface area contributed by atoms with Gasteiger partial charge in [-0.15, -0.1) is 0 Å². The number of morpholine rings is 1. The summed E-state index contributed by atoms with van der Waals surface area (Å²) in [5, 5.41) is 13.2. The van der Waals surface area contributed by atoms with E-state index in [0.717, 1.165) is 18.8 Å². The first-order valence-electron chi connectivity index (χ1n) is 8.97. The molecular weight excluding hydrogens is 357 g/mol. The maximum Gasteiger partial charge on any atom is 0.245 e. The molecule has 28 heavy (non-hydrogen) atoms. The van der Waals surface area contributed by atoms with Gasteiger partial charge in [-0.1, -0.05) is 18.2 Å². The maximum absolute atomic E-state index is 13.7. The second-order valence-corrected chi connectivity index (χ2v) is 6.26. The summed E-state index contributed by atoms with van der Waals surface area (Å²) in [5.74, 6) is -0.0341. The van der Waals surface area contributed by atoms with Crippen LogP contribution < -0.4 is 5.01 Å². The number of halogens is 1. The molecule has 140 valence electrons. The lowest BCUT2D eigenvalue weighted by atomic mass is 10.1. The van der Waals surface area contributed by atoms with E-state index >= 15 is 0 Å². The fourth-order valence-corrected chi connectivity index (χ4v) is 3.11. The molecule has 0 bridgehead atoms. The number of rotatable bonds is 4. The van der Waals surface area contributed by atoms with Crippen molar-refractivity contribution in [1.82, 2.24) is 15.0 Å². The van der Waals surface area contributed by atoms with E-state index in [9.17, 15) is 4.39 Å². The van der Waals surface area contributed by atoms with Crippen molar-refractivity contribution < 1.29 is 9.13 Å². The van der Waals surface area contributed by atoms with Crippen molar-refractivity contribution in [1.29, 1.82) is 5.26 Å². The Labute approximate surface area is 162 Å². The molecule has 2 heterocycles. The van der Waals surface area contributed by atoms with Gasteiger partial charge >= 0.3 is 0 Å². The van der Waals surface area contributed by atoms with Gasteiger partial charge in [-0.3, -0.25) is 0 Å². The van der Waals surface area contributed by atoms with Gasteiger partial charge in [-0.25, -0.2) is 24.4 Å². The highest BCUT2D eigenvalue weighted by molar-refractivity contribution is 5.64. The zero-order valence-electron chi connectivity index (χ0n) is 15.1. The van der Waals surface area contributed by atoms with Crippen molar-refractivity contribution >= 4 is 11.6 Å². The van der Waals surface area contributed by atoms with E-state index in [4.69, 9.17) is 15.0 Å². The van der Waals surface area contributed by atoms with Gasteiger partial charge in [-0.05, 0) is 36.4 Å². The van der Waals surface area contributed by atoms with Crippen molar-refractivity contribution in [2.75, 3.05) is 31.3 Å². The van der Waals surface area contributed by atoms with Gasteiger partial charge in [0.15, 0.2) is 0 Å². The molecule has 0 radical (unpaired) electrons. The summed E-state index contributed by atoms with van der Waals surface area (Å²) in [5.41, 5.74) is 2.22. The first kappa shape index (κ1) is 18.0. The number of hydrogen-bond donors (Lipinski definition) is 0. The monoisotopic (exact) mass is 375 g/mol. The minimum absolute atomic E-state index is 0.00856. The van der Waals surface area contributed by atoms with Gasteiger partial charge < -0.3 is 4.74 Å². The Kier molecular flexibility index (Phi) is 5.24. The Balaban J connectivity index is 1.75. The van der Waals surface area contributed by atoms with Crippen LogP contribution in [0.5, 0.6) is 0 Å². The predicted molar refractivity (Wildman–Crippen MR) is 103 cm³/mol. The number of hydrogen-bond acceptors (Lipinski definition) is 6. The van der Waals surface area contributed by atoms with Gasteiger partial charge in [0, 0.05) is 24.8 Å². The molecule has 0 saturated carbocycles. The Morgan fingerprint density at radius 3 is 2.61 bits per heavy atom. The number of ether oxygens (including phenoxy) is 1. The van der Waals surface area contributed by atoms with Gasteiger partial charge in [0.1, 0.15) is 11.9 Å². The molecule has 0 aliphatic carbocycles. The third-order valence-electron chi connectivity index (χ3n) is 4.49. The summed E-state index contributed by atoms with van der Waals surface area (Å²) >= 11 is 0. The van der Waals surface area contributed by atoms with Crippen LogP contribution in [0.15, 0.2) is 60.8 Å². The lowest BCUT2D eigenvalue weighted by molar-refractivity contribution is 0.0371. The summed E-state index contributed by atoms with van der Waals surface area (Å²) in [6.07, 6.45) is 1.67. The Morgan fingerprint density at radius 2 is 1.86 bits per heavy atom. The van der Waals surface area contributed by atoms with Crippen LogP contribution in [-0.4, -0.2) is 41.3 Å². The van der Waals surface area contributed by atoms with Crippen molar-refractivity contribution in [2.45, 2.75) is 0 Å². The molecule has 1 fully saturated rings. The van der Waals surface area contributed by atoms with Gasteiger partial charge in [0.25, 0.3) is 0 Å². The van der Waals surface area contributed by atoms with Gasteiger partial charge in [0.2, 0.25) is 5.95 Å². The van der Waals surface area contributed by atoms with E-state index in [-0.39, 0.29) is 5.56 Å². The zero-order chi connectivity index (χ0) is 19.3. The molecule has 3 aromatic rings. The van der Waals surface area contributed by atoms with Crippen LogP contribution in [-0.2, 0) is 4.74 Å². The fourth-order valence-electron chi connectivity index (χ4n) is 3.11. The van der Waals surface area contributed by atoms with E-state index in [2.05, 4.69) is 9.99 Å². The summed E-state index contributed by atoms with van der Waals surface area (Å²) in [7, 11) is 0. The SMILES string of the molecule is N#Cc1cc(-c2ccnc(N(c3ccccc3)N3CCOCC3)n2)ccc1F. The lowest BCUT2D eigenvalue weighted by Crippen LogP contribution is -2.47. The van der Waals surface area contributed by atoms with E-state index < -0.39 is 5.82 Å². The van der Waals surface area contributed by atoms with Gasteiger partial charge in [-0.2, -0.15) is 5.26 Å². The van der Waals surface area contributed by atoms with Crippen LogP contribution in [0.4, 0.5) is 16.0 Å². The standard InChI is InChI=1S/C21H18FN5O/c22-19-7-6-16(14-17(19)15-23)20-8-9-24-21(25-20)27(18-4-2-1-3-5-18)26-10-12-28-13-11-26/h1-9,14H,10-13H2. The molecule has 1 aliphatic heterocycles. The summed E-state index contributed by atoms with van der Waals surface area (Å²) in [6, 6.07) is 17.9. The van der Waals surface area contributed by atoms with E-state index in [1.54, 1.807) is 18.3 Å². The molecule has 6 nitrogen and oxygen atoms in total. The van der Waals surface area contributed by atoms with Crippen molar-refractivity contribution in [3.63, 3.8) is 0 Å². The quantitative estimate of drug-likeness (QED) is 0.695. The van der Waals surface area contributed by atoms with Crippen LogP contribution in [0, 0.1) is 17.1 Å². The average Bonchev–Trinajstić information content (AvgIpc) is 2.76. The Bertz CT molecular complexity index is 999. The van der Waals surface area contributed by atoms with Crippen LogP contribution in [0.3, 0.4) is 0 Å². The molecule has 1 saturated heterocycles. The van der Waals surface area contributed by atoms with Crippen molar-refractivity contribution in [2.24, 2.45) is 0 Å². The molecule has 0 atom stereocenters. The summed E-state index contributed by atoms with van der Waals surface area (Å²) in [6.45, 7) is 2.70. The minimum atomic E-state index is -0.542.